The van der Waals surface area contributed by atoms with Crippen LogP contribution in [0.4, 0.5) is 0 Å². The molecule has 0 saturated heterocycles. The molecule has 0 aliphatic rings. The molecule has 0 heterocycles. The lowest BCUT2D eigenvalue weighted by Crippen LogP contribution is -2.41. The fraction of sp³-hybridized carbons (Fsp3) is 0.850. The molecule has 0 bridgehead atoms. The average Bonchev–Trinajstić information content (AvgIpc) is 2.67. The van der Waals surface area contributed by atoms with Gasteiger partial charge in [-0.3, -0.25) is 9.59 Å². The maximum Gasteiger partial charge on any atom is 0.326 e. The van der Waals surface area contributed by atoms with Gasteiger partial charge in [0, 0.05) is 24.3 Å². The van der Waals surface area contributed by atoms with Crippen molar-refractivity contribution in [2.24, 2.45) is 5.11 Å². The zero-order valence-corrected chi connectivity index (χ0v) is 17.4. The average molecular weight is 413 g/mol. The lowest BCUT2D eigenvalue weighted by atomic mass is 10.0. The molecular weight excluding hydrogens is 376 g/mol. The van der Waals surface area contributed by atoms with Crippen LogP contribution in [0.1, 0.15) is 96.3 Å². The van der Waals surface area contributed by atoms with E-state index in [-0.39, 0.29) is 25.3 Å². The molecule has 0 spiro atoms. The zero-order valence-electron chi connectivity index (χ0n) is 17.4. The molecule has 166 valence electrons. The van der Waals surface area contributed by atoms with E-state index in [9.17, 15) is 14.4 Å². The minimum atomic E-state index is -1.12. The SMILES string of the molecule is [N-]=[N+]=NCC[C@H](NC(=O)CCCCCCCCCCCCCCC(=O)O)C(=O)O. The van der Waals surface area contributed by atoms with Gasteiger partial charge in [-0.15, -0.1) is 0 Å². The van der Waals surface area contributed by atoms with Gasteiger partial charge in [0.1, 0.15) is 6.04 Å². The summed E-state index contributed by atoms with van der Waals surface area (Å²) in [5, 5.41) is 23.4. The standard InChI is InChI=1S/C20H36N4O5/c21-24-22-16-15-17(20(28)29)23-18(25)13-11-9-7-5-3-1-2-4-6-8-10-12-14-19(26)27/h17H,1-16H2,(H,23,25)(H,26,27)(H,28,29)/t17-/m0/s1. The van der Waals surface area contributed by atoms with Gasteiger partial charge in [-0.2, -0.15) is 0 Å². The second kappa shape index (κ2) is 19.1. The largest absolute Gasteiger partial charge is 0.481 e. The van der Waals surface area contributed by atoms with Gasteiger partial charge >= 0.3 is 11.9 Å². The molecule has 0 unspecified atom stereocenters. The maximum atomic E-state index is 11.8. The van der Waals surface area contributed by atoms with E-state index >= 15 is 0 Å². The fourth-order valence-electron chi connectivity index (χ4n) is 3.08. The molecule has 0 aromatic heterocycles. The van der Waals surface area contributed by atoms with E-state index in [2.05, 4.69) is 15.3 Å². The number of carboxylic acids is 2. The lowest BCUT2D eigenvalue weighted by molar-refractivity contribution is -0.142. The first kappa shape index (κ1) is 26.7. The van der Waals surface area contributed by atoms with Crippen molar-refractivity contribution in [1.29, 1.82) is 0 Å². The van der Waals surface area contributed by atoms with Crippen LogP contribution in [-0.4, -0.2) is 40.6 Å². The first-order valence-corrected chi connectivity index (χ1v) is 10.7. The minimum absolute atomic E-state index is 0.0401. The summed E-state index contributed by atoms with van der Waals surface area (Å²) in [6, 6.07) is -1.01. The Balaban J connectivity index is 3.48. The quantitative estimate of drug-likeness (QED) is 0.113. The smallest absolute Gasteiger partial charge is 0.326 e. The summed E-state index contributed by atoms with van der Waals surface area (Å²) in [6.45, 7) is 0.0401. The molecule has 29 heavy (non-hydrogen) atoms. The molecule has 0 aromatic rings. The Morgan fingerprint density at radius 1 is 0.793 bits per heavy atom. The Labute approximate surface area is 172 Å². The van der Waals surface area contributed by atoms with E-state index in [1.807, 2.05) is 0 Å². The number of carbonyl (C=O) groups excluding carboxylic acids is 1. The van der Waals surface area contributed by atoms with Crippen molar-refractivity contribution in [1.82, 2.24) is 5.32 Å². The number of carbonyl (C=O) groups is 3. The normalized spacial score (nSPS) is 11.4. The summed E-state index contributed by atoms with van der Waals surface area (Å²) in [4.78, 5) is 35.9. The molecular formula is C20H36N4O5. The molecule has 0 aliphatic carbocycles. The highest BCUT2D eigenvalue weighted by atomic mass is 16.4. The highest BCUT2D eigenvalue weighted by Crippen LogP contribution is 2.13. The summed E-state index contributed by atoms with van der Waals surface area (Å²) in [7, 11) is 0. The third kappa shape index (κ3) is 18.8. The first-order valence-electron chi connectivity index (χ1n) is 10.7. The van der Waals surface area contributed by atoms with Gasteiger partial charge in [0.15, 0.2) is 0 Å². The van der Waals surface area contributed by atoms with E-state index in [0.717, 1.165) is 44.9 Å². The van der Waals surface area contributed by atoms with Crippen molar-refractivity contribution in [3.63, 3.8) is 0 Å². The third-order valence-electron chi connectivity index (χ3n) is 4.76. The van der Waals surface area contributed by atoms with Gasteiger partial charge in [-0.05, 0) is 24.8 Å². The van der Waals surface area contributed by atoms with E-state index in [4.69, 9.17) is 15.7 Å². The summed E-state index contributed by atoms with van der Waals surface area (Å²) in [6.07, 6.45) is 13.5. The van der Waals surface area contributed by atoms with Crippen molar-refractivity contribution < 1.29 is 24.6 Å². The number of carboxylic acid groups (broad SMARTS) is 2. The number of rotatable bonds is 20. The number of hydrogen-bond acceptors (Lipinski definition) is 4. The second-order valence-corrected chi connectivity index (χ2v) is 7.34. The van der Waals surface area contributed by atoms with Crippen LogP contribution >= 0.6 is 0 Å². The van der Waals surface area contributed by atoms with E-state index in [0.29, 0.717) is 6.42 Å². The Kier molecular flexibility index (Phi) is 17.6. The summed E-state index contributed by atoms with van der Waals surface area (Å²) < 4.78 is 0. The second-order valence-electron chi connectivity index (χ2n) is 7.34. The molecule has 0 rings (SSSR count). The number of nitrogens with zero attached hydrogens (tertiary/aromatic N) is 3. The Bertz CT molecular complexity index is 521. The van der Waals surface area contributed by atoms with Gasteiger partial charge in [-0.25, -0.2) is 4.79 Å². The number of amides is 1. The molecule has 1 atom stereocenters. The molecule has 0 aromatic carbocycles. The van der Waals surface area contributed by atoms with Crippen LogP contribution in [0.15, 0.2) is 5.11 Å². The van der Waals surface area contributed by atoms with Gasteiger partial charge in [0.2, 0.25) is 5.91 Å². The molecule has 9 nitrogen and oxygen atoms in total. The van der Waals surface area contributed by atoms with Gasteiger partial charge < -0.3 is 15.5 Å². The maximum absolute atomic E-state index is 11.8. The highest BCUT2D eigenvalue weighted by molar-refractivity contribution is 5.83. The Morgan fingerprint density at radius 3 is 1.66 bits per heavy atom. The van der Waals surface area contributed by atoms with Gasteiger partial charge in [-0.1, -0.05) is 69.3 Å². The predicted molar refractivity (Wildman–Crippen MR) is 110 cm³/mol. The van der Waals surface area contributed by atoms with Crippen LogP contribution in [0.2, 0.25) is 0 Å². The van der Waals surface area contributed by atoms with Crippen LogP contribution in [0, 0.1) is 0 Å². The molecule has 9 heteroatoms. The third-order valence-corrected chi connectivity index (χ3v) is 4.76. The van der Waals surface area contributed by atoms with Crippen LogP contribution in [0.5, 0.6) is 0 Å². The minimum Gasteiger partial charge on any atom is -0.481 e. The van der Waals surface area contributed by atoms with Crippen LogP contribution in [-0.2, 0) is 14.4 Å². The number of unbranched alkanes of at least 4 members (excludes halogenated alkanes) is 11. The van der Waals surface area contributed by atoms with Crippen molar-refractivity contribution in [2.75, 3.05) is 6.54 Å². The van der Waals surface area contributed by atoms with E-state index < -0.39 is 18.0 Å². The first-order chi connectivity index (χ1) is 14.0. The molecule has 0 radical (unpaired) electrons. The van der Waals surface area contributed by atoms with Gasteiger partial charge in [0.25, 0.3) is 0 Å². The molecule has 0 fully saturated rings. The fourth-order valence-corrected chi connectivity index (χ4v) is 3.08. The highest BCUT2D eigenvalue weighted by Gasteiger charge is 2.18. The van der Waals surface area contributed by atoms with Crippen molar-refractivity contribution in [2.45, 2.75) is 102 Å². The summed E-state index contributed by atoms with van der Waals surface area (Å²) >= 11 is 0. The molecule has 0 aliphatic heterocycles. The number of azide groups is 1. The zero-order chi connectivity index (χ0) is 21.7. The topological polar surface area (TPSA) is 152 Å². The van der Waals surface area contributed by atoms with Crippen LogP contribution < -0.4 is 5.32 Å². The van der Waals surface area contributed by atoms with Crippen LogP contribution in [0.3, 0.4) is 0 Å². The Morgan fingerprint density at radius 2 is 1.24 bits per heavy atom. The van der Waals surface area contributed by atoms with Gasteiger partial charge in [0.05, 0.1) is 0 Å². The number of aliphatic carboxylic acids is 2. The summed E-state index contributed by atoms with van der Waals surface area (Å²) in [5.74, 6) is -2.11. The van der Waals surface area contributed by atoms with Crippen molar-refractivity contribution >= 4 is 17.8 Å². The van der Waals surface area contributed by atoms with E-state index in [1.54, 1.807) is 0 Å². The number of hydrogen-bond donors (Lipinski definition) is 3. The number of nitrogens with one attached hydrogen (secondary N) is 1. The van der Waals surface area contributed by atoms with Crippen LogP contribution in [0.25, 0.3) is 10.4 Å². The van der Waals surface area contributed by atoms with Crippen molar-refractivity contribution in [3.8, 4) is 0 Å². The monoisotopic (exact) mass is 412 g/mol. The summed E-state index contributed by atoms with van der Waals surface area (Å²) in [5.41, 5.74) is 8.21. The molecule has 3 N–H and O–H groups in total. The Hall–Kier alpha value is -2.28. The lowest BCUT2D eigenvalue weighted by Gasteiger charge is -2.13. The molecule has 0 saturated carbocycles. The van der Waals surface area contributed by atoms with Crippen molar-refractivity contribution in [3.05, 3.63) is 10.4 Å². The van der Waals surface area contributed by atoms with E-state index in [1.165, 1.54) is 32.1 Å². The predicted octanol–water partition coefficient (Wildman–Crippen LogP) is 4.80. The molecule has 1 amide bonds.